The smallest absolute Gasteiger partial charge is 0.341 e. The predicted molar refractivity (Wildman–Crippen MR) is 77.3 cm³/mol. The minimum Gasteiger partial charge on any atom is -0.481 e. The van der Waals surface area contributed by atoms with Gasteiger partial charge in [-0.3, -0.25) is 4.79 Å². The van der Waals surface area contributed by atoms with Crippen molar-refractivity contribution in [2.24, 2.45) is 0 Å². The van der Waals surface area contributed by atoms with Crippen LogP contribution in [0.2, 0.25) is 0 Å². The highest BCUT2D eigenvalue weighted by Gasteiger charge is 2.12. The summed E-state index contributed by atoms with van der Waals surface area (Å²) in [4.78, 5) is 10.8. The molecule has 0 amide bonds. The topological polar surface area (TPSA) is 71.4 Å². The van der Waals surface area contributed by atoms with Crippen LogP contribution in [0.25, 0.3) is 11.1 Å². The molecule has 0 radical (unpaired) electrons. The Bertz CT molecular complexity index is 667. The van der Waals surface area contributed by atoms with E-state index in [1.54, 1.807) is 12.1 Å². The zero-order valence-electron chi connectivity index (χ0n) is 9.88. The van der Waals surface area contributed by atoms with E-state index in [1.807, 2.05) is 30.3 Å². The first-order valence-corrected chi connectivity index (χ1v) is 8.37. The number of aliphatic carboxylic acids is 1. The largest absolute Gasteiger partial charge is 0.481 e. The van der Waals surface area contributed by atoms with Gasteiger partial charge >= 0.3 is 25.8 Å². The van der Waals surface area contributed by atoms with Crippen LogP contribution in [0, 0.1) is 3.57 Å². The zero-order chi connectivity index (χ0) is 13.8. The van der Waals surface area contributed by atoms with E-state index < -0.39 is 25.8 Å². The molecule has 4 nitrogen and oxygen atoms in total. The van der Waals surface area contributed by atoms with E-state index in [4.69, 9.17) is 5.11 Å². The molecular formula is C14H11IO4. The first kappa shape index (κ1) is 13.7. The highest BCUT2D eigenvalue weighted by atomic mass is 127. The molecule has 5 heteroatoms. The lowest BCUT2D eigenvalue weighted by atomic mass is 10.0. The Morgan fingerprint density at radius 3 is 2.26 bits per heavy atom. The van der Waals surface area contributed by atoms with Crippen molar-refractivity contribution < 1.29 is 16.0 Å². The fourth-order valence-corrected chi connectivity index (χ4v) is 3.22. The summed E-state index contributed by atoms with van der Waals surface area (Å²) in [6.07, 6.45) is -0.283. The quantitative estimate of drug-likeness (QED) is 0.838. The van der Waals surface area contributed by atoms with Crippen molar-refractivity contribution in [3.63, 3.8) is 0 Å². The van der Waals surface area contributed by atoms with E-state index in [0.717, 1.165) is 11.1 Å². The second-order valence-corrected chi connectivity index (χ2v) is 6.36. The summed E-state index contributed by atoms with van der Waals surface area (Å²) in [6, 6.07) is 14.3. The third-order valence-corrected chi connectivity index (χ3v) is 4.66. The van der Waals surface area contributed by atoms with Gasteiger partial charge in [0.25, 0.3) is 0 Å². The molecule has 0 aliphatic carbocycles. The summed E-state index contributed by atoms with van der Waals surface area (Å²) in [5.74, 6) is -1.04. The van der Waals surface area contributed by atoms with Crippen molar-refractivity contribution in [2.45, 2.75) is 6.42 Å². The van der Waals surface area contributed by atoms with Gasteiger partial charge in [0.05, 0.1) is 9.99 Å². The molecule has 0 atom stereocenters. The number of rotatable bonds is 4. The first-order valence-electron chi connectivity index (χ1n) is 5.53. The number of halogens is 1. The maximum atomic E-state index is 11.2. The Labute approximate surface area is 117 Å². The summed E-state index contributed by atoms with van der Waals surface area (Å²) in [6.45, 7) is 0. The van der Waals surface area contributed by atoms with Gasteiger partial charge in [0.2, 0.25) is 0 Å². The molecule has 19 heavy (non-hydrogen) atoms. The summed E-state index contributed by atoms with van der Waals surface area (Å²) in [5, 5.41) is 8.85. The number of hydrogen-bond acceptors (Lipinski definition) is 3. The van der Waals surface area contributed by atoms with Crippen LogP contribution < -0.4 is 0 Å². The Hall–Kier alpha value is -1.76. The zero-order valence-corrected chi connectivity index (χ0v) is 12.0. The lowest BCUT2D eigenvalue weighted by molar-refractivity contribution is -0.136. The van der Waals surface area contributed by atoms with Gasteiger partial charge in [-0.25, -0.2) is 6.14 Å². The molecular weight excluding hydrogens is 359 g/mol. The van der Waals surface area contributed by atoms with Crippen molar-refractivity contribution in [1.82, 2.24) is 0 Å². The molecule has 2 rings (SSSR count). The average molecular weight is 370 g/mol. The molecule has 2 aromatic rings. The van der Waals surface area contributed by atoms with E-state index in [2.05, 4.69) is 0 Å². The highest BCUT2D eigenvalue weighted by Crippen LogP contribution is 2.28. The van der Waals surface area contributed by atoms with Gasteiger partial charge in [0.15, 0.2) is 0 Å². The van der Waals surface area contributed by atoms with Gasteiger partial charge in [-0.1, -0.05) is 36.4 Å². The van der Waals surface area contributed by atoms with E-state index in [1.165, 1.54) is 6.07 Å². The minimum atomic E-state index is -3.68. The predicted octanol–water partition coefficient (Wildman–Crippen LogP) is 3.35. The molecule has 0 unspecified atom stereocenters. The van der Waals surface area contributed by atoms with E-state index in [-0.39, 0.29) is 9.99 Å². The van der Waals surface area contributed by atoms with Gasteiger partial charge < -0.3 is 5.11 Å². The third-order valence-electron chi connectivity index (χ3n) is 2.66. The van der Waals surface area contributed by atoms with Crippen molar-refractivity contribution in [3.8, 4) is 11.1 Å². The molecule has 0 aliphatic heterocycles. The Kier molecular flexibility index (Phi) is 4.26. The first-order chi connectivity index (χ1) is 9.08. The van der Waals surface area contributed by atoms with Crippen molar-refractivity contribution in [2.75, 3.05) is 0 Å². The number of hydrogen-bond donors (Lipinski definition) is 1. The van der Waals surface area contributed by atoms with Crippen LogP contribution in [-0.4, -0.2) is 11.1 Å². The summed E-state index contributed by atoms with van der Waals surface area (Å²) in [5.41, 5.74) is 2.10. The lowest BCUT2D eigenvalue weighted by Gasteiger charge is -2.06. The monoisotopic (exact) mass is 370 g/mol. The molecule has 0 saturated carbocycles. The van der Waals surface area contributed by atoms with Crippen LogP contribution in [-0.2, 0) is 17.4 Å². The van der Waals surface area contributed by atoms with Crippen LogP contribution in [0.1, 0.15) is 5.56 Å². The average Bonchev–Trinajstić information content (AvgIpc) is 2.38. The van der Waals surface area contributed by atoms with E-state index in [0.29, 0.717) is 5.56 Å². The molecule has 0 spiro atoms. The van der Waals surface area contributed by atoms with Gasteiger partial charge in [-0.2, -0.15) is 0 Å². The maximum absolute atomic E-state index is 11.2. The second-order valence-electron chi connectivity index (χ2n) is 3.96. The van der Waals surface area contributed by atoms with Crippen LogP contribution in [0.4, 0.5) is 0 Å². The molecule has 1 N–H and O–H groups in total. The van der Waals surface area contributed by atoms with Crippen LogP contribution in [0.5, 0.6) is 0 Å². The minimum absolute atomic E-state index is 0.159. The number of benzene rings is 2. The maximum Gasteiger partial charge on any atom is 0.341 e. The molecule has 2 aromatic carbocycles. The molecule has 0 aliphatic rings. The lowest BCUT2D eigenvalue weighted by Crippen LogP contribution is -2.02. The van der Waals surface area contributed by atoms with Gasteiger partial charge in [0.1, 0.15) is 0 Å². The molecule has 98 valence electrons. The van der Waals surface area contributed by atoms with Crippen molar-refractivity contribution in [3.05, 3.63) is 57.7 Å². The van der Waals surface area contributed by atoms with Crippen LogP contribution >= 0.6 is 19.8 Å². The van der Waals surface area contributed by atoms with Crippen LogP contribution in [0.15, 0.2) is 48.5 Å². The van der Waals surface area contributed by atoms with E-state index >= 15 is 0 Å². The summed E-state index contributed by atoms with van der Waals surface area (Å²) in [7, 11) is 0. The fraction of sp³-hybridized carbons (Fsp3) is 0.0714. The molecule has 0 aromatic heterocycles. The number of carbonyl (C=O) groups is 1. The summed E-state index contributed by atoms with van der Waals surface area (Å²) >= 11 is -3.68. The van der Waals surface area contributed by atoms with Crippen molar-refractivity contribution >= 4 is 25.8 Å². The normalized spacial score (nSPS) is 10.6. The van der Waals surface area contributed by atoms with Crippen molar-refractivity contribution in [1.29, 1.82) is 0 Å². The van der Waals surface area contributed by atoms with Gasteiger partial charge in [-0.15, -0.1) is 0 Å². The Balaban J connectivity index is 2.52. The molecule has 0 fully saturated rings. The standard InChI is InChI=1S/C14H11IO4/c16-14(17)9-12-8-11(6-7-13(12)15(18)19)10-4-2-1-3-5-10/h1-8H,9H2,(H,16,17). The SMILES string of the molecule is O=C(O)Cc1cc(-c2ccccc2)ccc1I(=O)=O. The number of carboxylic acid groups (broad SMARTS) is 1. The van der Waals surface area contributed by atoms with Crippen LogP contribution in [0.3, 0.4) is 0 Å². The highest BCUT2D eigenvalue weighted by molar-refractivity contribution is 14.2. The summed E-state index contributed by atoms with van der Waals surface area (Å²) < 4.78 is 22.5. The van der Waals surface area contributed by atoms with Gasteiger partial charge in [-0.05, 0) is 28.8 Å². The van der Waals surface area contributed by atoms with E-state index in [9.17, 15) is 10.9 Å². The third kappa shape index (κ3) is 3.37. The second kappa shape index (κ2) is 5.92. The molecule has 0 saturated heterocycles. The Morgan fingerprint density at radius 2 is 1.68 bits per heavy atom. The number of carboxylic acids is 1. The molecule has 0 bridgehead atoms. The van der Waals surface area contributed by atoms with Gasteiger partial charge in [0, 0.05) is 0 Å². The fourth-order valence-electron chi connectivity index (χ4n) is 1.83. The Morgan fingerprint density at radius 1 is 1.00 bits per heavy atom. The molecule has 0 heterocycles.